The maximum Gasteiger partial charge on any atom is 0.295 e. The average molecular weight is 502 g/mol. The SMILES string of the molecule is COCCN1C(=O)C(=O)/C(=C(\O)c2ccc3c(c2)OCCO3)C1c1ccc(OCc2ccccc2)cc1. The van der Waals surface area contributed by atoms with Gasteiger partial charge < -0.3 is 29.0 Å². The Hall–Kier alpha value is -4.30. The molecular weight excluding hydrogens is 474 g/mol. The molecule has 0 aromatic heterocycles. The van der Waals surface area contributed by atoms with Gasteiger partial charge in [-0.2, -0.15) is 0 Å². The number of Topliss-reactive ketones (excluding diaryl/α,β-unsaturated/α-hetero) is 1. The van der Waals surface area contributed by atoms with E-state index in [0.717, 1.165) is 5.56 Å². The summed E-state index contributed by atoms with van der Waals surface area (Å²) in [6, 6.07) is 21.1. The molecule has 190 valence electrons. The third-order valence-corrected chi connectivity index (χ3v) is 6.34. The van der Waals surface area contributed by atoms with Gasteiger partial charge in [0, 0.05) is 19.2 Å². The van der Waals surface area contributed by atoms with E-state index in [0.29, 0.717) is 48.2 Å². The number of ketones is 1. The van der Waals surface area contributed by atoms with E-state index >= 15 is 0 Å². The van der Waals surface area contributed by atoms with E-state index in [2.05, 4.69) is 0 Å². The van der Waals surface area contributed by atoms with Crippen molar-refractivity contribution in [2.24, 2.45) is 0 Å². The van der Waals surface area contributed by atoms with Gasteiger partial charge in [0.2, 0.25) is 0 Å². The Morgan fingerprint density at radius 2 is 1.70 bits per heavy atom. The van der Waals surface area contributed by atoms with Crippen LogP contribution in [0.15, 0.2) is 78.4 Å². The first kappa shape index (κ1) is 24.4. The second kappa shape index (κ2) is 10.8. The lowest BCUT2D eigenvalue weighted by molar-refractivity contribution is -0.140. The first-order valence-electron chi connectivity index (χ1n) is 12.0. The predicted octanol–water partition coefficient (Wildman–Crippen LogP) is 4.10. The minimum atomic E-state index is -0.786. The van der Waals surface area contributed by atoms with E-state index in [9.17, 15) is 14.7 Å². The molecule has 0 radical (unpaired) electrons. The molecule has 0 saturated carbocycles. The van der Waals surface area contributed by atoms with Crippen LogP contribution in [0.3, 0.4) is 0 Å². The van der Waals surface area contributed by atoms with E-state index in [1.807, 2.05) is 30.3 Å². The van der Waals surface area contributed by atoms with Crippen molar-refractivity contribution in [2.45, 2.75) is 12.6 Å². The van der Waals surface area contributed by atoms with E-state index < -0.39 is 17.7 Å². The number of fused-ring (bicyclic) bond motifs is 1. The molecule has 1 N–H and O–H groups in total. The molecule has 0 aliphatic carbocycles. The summed E-state index contributed by atoms with van der Waals surface area (Å²) in [4.78, 5) is 27.6. The van der Waals surface area contributed by atoms with Crippen LogP contribution in [-0.2, 0) is 20.9 Å². The Labute approximate surface area is 214 Å². The van der Waals surface area contributed by atoms with Crippen LogP contribution in [0.5, 0.6) is 17.2 Å². The highest BCUT2D eigenvalue weighted by molar-refractivity contribution is 6.46. The van der Waals surface area contributed by atoms with Gasteiger partial charge in [-0.1, -0.05) is 42.5 Å². The van der Waals surface area contributed by atoms with Gasteiger partial charge in [0.05, 0.1) is 18.2 Å². The van der Waals surface area contributed by atoms with Crippen molar-refractivity contribution in [1.29, 1.82) is 0 Å². The smallest absolute Gasteiger partial charge is 0.295 e. The van der Waals surface area contributed by atoms with Crippen molar-refractivity contribution in [3.05, 3.63) is 95.1 Å². The molecule has 1 fully saturated rings. The molecule has 1 amide bonds. The molecule has 2 aliphatic rings. The third-order valence-electron chi connectivity index (χ3n) is 6.34. The highest BCUT2D eigenvalue weighted by Gasteiger charge is 2.46. The van der Waals surface area contributed by atoms with Gasteiger partial charge >= 0.3 is 0 Å². The molecule has 1 saturated heterocycles. The number of nitrogens with zero attached hydrogens (tertiary/aromatic N) is 1. The molecule has 37 heavy (non-hydrogen) atoms. The minimum Gasteiger partial charge on any atom is -0.507 e. The Morgan fingerprint density at radius 3 is 2.43 bits per heavy atom. The number of rotatable bonds is 8. The number of ether oxygens (including phenoxy) is 4. The zero-order valence-electron chi connectivity index (χ0n) is 20.4. The maximum absolute atomic E-state index is 13.2. The summed E-state index contributed by atoms with van der Waals surface area (Å²) in [7, 11) is 1.53. The van der Waals surface area contributed by atoms with Crippen molar-refractivity contribution in [2.75, 3.05) is 33.5 Å². The lowest BCUT2D eigenvalue weighted by Gasteiger charge is -2.25. The molecule has 0 spiro atoms. The van der Waals surface area contributed by atoms with Crippen LogP contribution >= 0.6 is 0 Å². The normalized spacial score (nSPS) is 18.2. The molecule has 5 rings (SSSR count). The Morgan fingerprint density at radius 1 is 0.973 bits per heavy atom. The van der Waals surface area contributed by atoms with Crippen LogP contribution < -0.4 is 14.2 Å². The fraction of sp³-hybridized carbons (Fsp3) is 0.241. The van der Waals surface area contributed by atoms with Crippen LogP contribution in [0.1, 0.15) is 22.7 Å². The molecular formula is C29H27NO7. The van der Waals surface area contributed by atoms with Crippen molar-refractivity contribution in [1.82, 2.24) is 4.90 Å². The van der Waals surface area contributed by atoms with Crippen molar-refractivity contribution < 1.29 is 33.6 Å². The fourth-order valence-corrected chi connectivity index (χ4v) is 4.48. The summed E-state index contributed by atoms with van der Waals surface area (Å²) in [5, 5.41) is 11.3. The monoisotopic (exact) mass is 501 g/mol. The second-order valence-corrected chi connectivity index (χ2v) is 8.69. The molecule has 2 aliphatic heterocycles. The van der Waals surface area contributed by atoms with Gasteiger partial charge in [-0.25, -0.2) is 0 Å². The Kier molecular flexibility index (Phi) is 7.09. The molecule has 0 bridgehead atoms. The highest BCUT2D eigenvalue weighted by atomic mass is 16.6. The number of aliphatic hydroxyl groups excluding tert-OH is 1. The summed E-state index contributed by atoms with van der Waals surface area (Å²) in [6.07, 6.45) is 0. The predicted molar refractivity (Wildman–Crippen MR) is 136 cm³/mol. The van der Waals surface area contributed by atoms with Crippen LogP contribution in [0.2, 0.25) is 0 Å². The Bertz CT molecular complexity index is 1320. The van der Waals surface area contributed by atoms with E-state index in [1.54, 1.807) is 42.5 Å². The number of carbonyl (C=O) groups excluding carboxylic acids is 2. The van der Waals surface area contributed by atoms with Gasteiger partial charge in [-0.15, -0.1) is 0 Å². The summed E-state index contributed by atoms with van der Waals surface area (Å²) in [5.41, 5.74) is 2.08. The topological polar surface area (TPSA) is 94.5 Å². The number of likely N-dealkylation sites (tertiary alicyclic amines) is 1. The highest BCUT2D eigenvalue weighted by Crippen LogP contribution is 2.41. The van der Waals surface area contributed by atoms with Gasteiger partial charge in [-0.05, 0) is 41.5 Å². The molecule has 8 nitrogen and oxygen atoms in total. The Balaban J connectivity index is 1.48. The maximum atomic E-state index is 13.2. The molecule has 1 unspecified atom stereocenters. The number of benzene rings is 3. The van der Waals surface area contributed by atoms with Crippen molar-refractivity contribution in [3.8, 4) is 17.2 Å². The zero-order chi connectivity index (χ0) is 25.8. The zero-order valence-corrected chi connectivity index (χ0v) is 20.4. The third kappa shape index (κ3) is 5.01. The van der Waals surface area contributed by atoms with Gasteiger partial charge in [0.1, 0.15) is 31.3 Å². The van der Waals surface area contributed by atoms with Crippen LogP contribution in [-0.4, -0.2) is 55.2 Å². The molecule has 8 heteroatoms. The van der Waals surface area contributed by atoms with E-state index in [1.165, 1.54) is 12.0 Å². The minimum absolute atomic E-state index is 0.00994. The van der Waals surface area contributed by atoms with E-state index in [4.69, 9.17) is 18.9 Å². The number of carbonyl (C=O) groups is 2. The summed E-state index contributed by atoms with van der Waals surface area (Å²) < 4.78 is 22.2. The lowest BCUT2D eigenvalue weighted by atomic mass is 9.95. The molecule has 3 aromatic carbocycles. The number of aliphatic hydroxyl groups is 1. The molecule has 3 aromatic rings. The number of amides is 1. The number of methoxy groups -OCH3 is 1. The first-order valence-corrected chi connectivity index (χ1v) is 12.0. The van der Waals surface area contributed by atoms with Crippen LogP contribution in [0, 0.1) is 0 Å². The van der Waals surface area contributed by atoms with Crippen LogP contribution in [0.4, 0.5) is 0 Å². The van der Waals surface area contributed by atoms with E-state index in [-0.39, 0.29) is 24.5 Å². The number of hydrogen-bond acceptors (Lipinski definition) is 7. The fourth-order valence-electron chi connectivity index (χ4n) is 4.48. The van der Waals surface area contributed by atoms with Crippen molar-refractivity contribution in [3.63, 3.8) is 0 Å². The molecule has 2 heterocycles. The van der Waals surface area contributed by atoms with Crippen molar-refractivity contribution >= 4 is 17.4 Å². The molecule has 1 atom stereocenters. The van der Waals surface area contributed by atoms with Gasteiger partial charge in [-0.3, -0.25) is 9.59 Å². The van der Waals surface area contributed by atoms with Gasteiger partial charge in [0.25, 0.3) is 11.7 Å². The second-order valence-electron chi connectivity index (χ2n) is 8.69. The summed E-state index contributed by atoms with van der Waals surface area (Å²) in [5.74, 6) is -0.0345. The summed E-state index contributed by atoms with van der Waals surface area (Å²) in [6.45, 7) is 1.67. The first-order chi connectivity index (χ1) is 18.1. The lowest BCUT2D eigenvalue weighted by Crippen LogP contribution is -2.32. The quantitative estimate of drug-likeness (QED) is 0.282. The summed E-state index contributed by atoms with van der Waals surface area (Å²) >= 11 is 0. The standard InChI is InChI=1S/C29H27NO7/c1-34-14-13-30-26(20-7-10-22(11-8-20)37-18-19-5-3-2-4-6-19)25(28(32)29(30)33)27(31)21-9-12-23-24(17-21)36-16-15-35-23/h2-12,17,26,31H,13-16,18H2,1H3/b27-25-. The average Bonchev–Trinajstić information content (AvgIpc) is 3.20. The van der Waals surface area contributed by atoms with Crippen LogP contribution in [0.25, 0.3) is 5.76 Å². The number of hydrogen-bond donors (Lipinski definition) is 1. The van der Waals surface area contributed by atoms with Gasteiger partial charge in [0.15, 0.2) is 11.5 Å². The largest absolute Gasteiger partial charge is 0.507 e.